The molecule has 1 saturated heterocycles. The fraction of sp³-hybridized carbons (Fsp3) is 0.529. The molecule has 1 heterocycles. The van der Waals surface area contributed by atoms with Gasteiger partial charge in [0.15, 0.2) is 0 Å². The van der Waals surface area contributed by atoms with Crippen molar-refractivity contribution >= 4 is 23.6 Å². The quantitative estimate of drug-likeness (QED) is 0.855. The maximum absolute atomic E-state index is 12.6. The fourth-order valence-corrected chi connectivity index (χ4v) is 2.78. The number of nitrogens with one attached hydrogen (secondary N) is 1. The molecule has 0 saturated carbocycles. The third-order valence-corrected chi connectivity index (χ3v) is 3.85. The van der Waals surface area contributed by atoms with E-state index < -0.39 is 11.7 Å². The van der Waals surface area contributed by atoms with Gasteiger partial charge in [-0.25, -0.2) is 4.79 Å². The Bertz CT molecular complexity index is 628. The molecule has 1 fully saturated rings. The van der Waals surface area contributed by atoms with Crippen molar-refractivity contribution in [1.82, 2.24) is 10.2 Å². The van der Waals surface area contributed by atoms with Crippen molar-refractivity contribution < 1.29 is 19.4 Å². The molecular weight excluding hydrogens is 332 g/mol. The SMILES string of the molecule is CC(C)(C)OC(=O)N[C@H]1CCCN(C(=O)c2cc(Cl)ccc2O)C1. The van der Waals surface area contributed by atoms with E-state index in [9.17, 15) is 14.7 Å². The highest BCUT2D eigenvalue weighted by molar-refractivity contribution is 6.31. The molecule has 0 unspecified atom stereocenters. The number of carbonyl (C=O) groups excluding carboxylic acids is 2. The van der Waals surface area contributed by atoms with Gasteiger partial charge in [-0.3, -0.25) is 4.79 Å². The van der Waals surface area contributed by atoms with Crippen molar-refractivity contribution in [1.29, 1.82) is 0 Å². The van der Waals surface area contributed by atoms with Gasteiger partial charge in [0.05, 0.1) is 5.56 Å². The van der Waals surface area contributed by atoms with Gasteiger partial charge < -0.3 is 20.1 Å². The van der Waals surface area contributed by atoms with E-state index in [4.69, 9.17) is 16.3 Å². The Labute approximate surface area is 146 Å². The lowest BCUT2D eigenvalue weighted by atomic mass is 10.0. The molecule has 1 aliphatic heterocycles. The number of hydrogen-bond donors (Lipinski definition) is 2. The van der Waals surface area contributed by atoms with Gasteiger partial charge in [0, 0.05) is 24.2 Å². The Balaban J connectivity index is 2.01. The van der Waals surface area contributed by atoms with Crippen molar-refractivity contribution in [3.05, 3.63) is 28.8 Å². The van der Waals surface area contributed by atoms with E-state index in [1.807, 2.05) is 0 Å². The maximum Gasteiger partial charge on any atom is 0.407 e. The topological polar surface area (TPSA) is 78.9 Å². The number of amides is 2. The van der Waals surface area contributed by atoms with Crippen LogP contribution in [0.2, 0.25) is 5.02 Å². The fourth-order valence-electron chi connectivity index (χ4n) is 2.60. The van der Waals surface area contributed by atoms with Gasteiger partial charge in [-0.2, -0.15) is 0 Å². The summed E-state index contributed by atoms with van der Waals surface area (Å²) in [4.78, 5) is 26.1. The van der Waals surface area contributed by atoms with Crippen LogP contribution in [0.3, 0.4) is 0 Å². The average molecular weight is 355 g/mol. The lowest BCUT2D eigenvalue weighted by molar-refractivity contribution is 0.0451. The van der Waals surface area contributed by atoms with Crippen LogP contribution in [0.5, 0.6) is 5.75 Å². The summed E-state index contributed by atoms with van der Waals surface area (Å²) >= 11 is 5.90. The molecule has 0 aliphatic carbocycles. The van der Waals surface area contributed by atoms with Crippen LogP contribution < -0.4 is 5.32 Å². The van der Waals surface area contributed by atoms with Gasteiger partial charge in [0.25, 0.3) is 5.91 Å². The molecule has 0 radical (unpaired) electrons. The van der Waals surface area contributed by atoms with Gasteiger partial charge in [0.1, 0.15) is 11.4 Å². The summed E-state index contributed by atoms with van der Waals surface area (Å²) in [5.41, 5.74) is -0.402. The molecule has 0 spiro atoms. The minimum Gasteiger partial charge on any atom is -0.507 e. The molecule has 2 N–H and O–H groups in total. The van der Waals surface area contributed by atoms with Gasteiger partial charge in [-0.15, -0.1) is 0 Å². The zero-order valence-electron chi connectivity index (χ0n) is 14.1. The lowest BCUT2D eigenvalue weighted by Crippen LogP contribution is -2.50. The van der Waals surface area contributed by atoms with Crippen LogP contribution in [-0.4, -0.2) is 46.7 Å². The molecule has 0 aromatic heterocycles. The lowest BCUT2D eigenvalue weighted by Gasteiger charge is -2.33. The molecule has 6 nitrogen and oxygen atoms in total. The van der Waals surface area contributed by atoms with Crippen LogP contribution in [0, 0.1) is 0 Å². The Morgan fingerprint density at radius 3 is 2.75 bits per heavy atom. The number of carbonyl (C=O) groups is 2. The van der Waals surface area contributed by atoms with E-state index in [1.165, 1.54) is 18.2 Å². The van der Waals surface area contributed by atoms with Crippen molar-refractivity contribution in [2.45, 2.75) is 45.3 Å². The van der Waals surface area contributed by atoms with Crippen LogP contribution in [0.25, 0.3) is 0 Å². The summed E-state index contributed by atoms with van der Waals surface area (Å²) < 4.78 is 5.24. The summed E-state index contributed by atoms with van der Waals surface area (Å²) in [5.74, 6) is -0.405. The number of piperidine rings is 1. The minimum atomic E-state index is -0.569. The van der Waals surface area contributed by atoms with Crippen LogP contribution in [0.4, 0.5) is 4.79 Å². The summed E-state index contributed by atoms with van der Waals surface area (Å²) in [6.07, 6.45) is 1.03. The molecule has 1 aromatic carbocycles. The van der Waals surface area contributed by atoms with E-state index in [1.54, 1.807) is 25.7 Å². The highest BCUT2D eigenvalue weighted by Crippen LogP contribution is 2.24. The van der Waals surface area contributed by atoms with Crippen molar-refractivity contribution in [2.75, 3.05) is 13.1 Å². The smallest absolute Gasteiger partial charge is 0.407 e. The molecule has 2 amide bonds. The largest absolute Gasteiger partial charge is 0.507 e. The summed E-state index contributed by atoms with van der Waals surface area (Å²) in [7, 11) is 0. The molecule has 24 heavy (non-hydrogen) atoms. The van der Waals surface area contributed by atoms with Crippen molar-refractivity contribution in [2.24, 2.45) is 0 Å². The second-order valence-electron chi connectivity index (χ2n) is 6.90. The highest BCUT2D eigenvalue weighted by atomic mass is 35.5. The molecule has 132 valence electrons. The zero-order chi connectivity index (χ0) is 17.9. The standard InChI is InChI=1S/C17H23ClN2O4/c1-17(2,3)24-16(23)19-12-5-4-8-20(10-12)15(22)13-9-11(18)6-7-14(13)21/h6-7,9,12,21H,4-5,8,10H2,1-3H3,(H,19,23)/t12-/m0/s1. The minimum absolute atomic E-state index is 0.105. The first-order valence-electron chi connectivity index (χ1n) is 7.93. The molecular formula is C17H23ClN2O4. The number of phenols is 1. The number of phenolic OH excluding ortho intramolecular Hbond substituents is 1. The number of aromatic hydroxyl groups is 1. The summed E-state index contributed by atoms with van der Waals surface area (Å²) in [6.45, 7) is 6.32. The molecule has 2 rings (SSSR count). The molecule has 1 aliphatic rings. The van der Waals surface area contributed by atoms with E-state index >= 15 is 0 Å². The van der Waals surface area contributed by atoms with Crippen molar-refractivity contribution in [3.8, 4) is 5.75 Å². The molecule has 1 atom stereocenters. The molecule has 0 bridgehead atoms. The summed E-state index contributed by atoms with van der Waals surface area (Å²) in [5, 5.41) is 13.1. The third kappa shape index (κ3) is 5.03. The Morgan fingerprint density at radius 2 is 2.08 bits per heavy atom. The van der Waals surface area contributed by atoms with Gasteiger partial charge in [0.2, 0.25) is 0 Å². The normalized spacial score (nSPS) is 18.2. The molecule has 1 aromatic rings. The zero-order valence-corrected chi connectivity index (χ0v) is 14.9. The number of hydrogen-bond acceptors (Lipinski definition) is 4. The van der Waals surface area contributed by atoms with E-state index in [0.717, 1.165) is 12.8 Å². The first-order chi connectivity index (χ1) is 11.2. The van der Waals surface area contributed by atoms with Crippen LogP contribution in [0.15, 0.2) is 18.2 Å². The Morgan fingerprint density at radius 1 is 1.38 bits per heavy atom. The molecule has 7 heteroatoms. The predicted molar refractivity (Wildman–Crippen MR) is 91.4 cm³/mol. The van der Waals surface area contributed by atoms with Gasteiger partial charge >= 0.3 is 6.09 Å². The number of rotatable bonds is 2. The monoisotopic (exact) mass is 354 g/mol. The van der Waals surface area contributed by atoms with Gasteiger partial charge in [-0.05, 0) is 51.8 Å². The number of alkyl carbamates (subject to hydrolysis) is 1. The van der Waals surface area contributed by atoms with Crippen LogP contribution in [0.1, 0.15) is 44.0 Å². The Hall–Kier alpha value is -1.95. The second-order valence-corrected chi connectivity index (χ2v) is 7.33. The van der Waals surface area contributed by atoms with Crippen molar-refractivity contribution in [3.63, 3.8) is 0 Å². The second kappa shape index (κ2) is 7.30. The third-order valence-electron chi connectivity index (χ3n) is 3.62. The van der Waals surface area contributed by atoms with E-state index in [2.05, 4.69) is 5.32 Å². The van der Waals surface area contributed by atoms with Gasteiger partial charge in [-0.1, -0.05) is 11.6 Å². The predicted octanol–water partition coefficient (Wildman–Crippen LogP) is 3.17. The summed E-state index contributed by atoms with van der Waals surface area (Å²) in [6, 6.07) is 4.19. The first kappa shape index (κ1) is 18.4. The Kier molecular flexibility index (Phi) is 5.59. The number of benzene rings is 1. The number of halogens is 1. The number of likely N-dealkylation sites (tertiary alicyclic amines) is 1. The highest BCUT2D eigenvalue weighted by Gasteiger charge is 2.28. The number of ether oxygens (including phenoxy) is 1. The maximum atomic E-state index is 12.6. The van der Waals surface area contributed by atoms with E-state index in [-0.39, 0.29) is 23.3 Å². The number of nitrogens with zero attached hydrogens (tertiary/aromatic N) is 1. The van der Waals surface area contributed by atoms with E-state index in [0.29, 0.717) is 18.1 Å². The van der Waals surface area contributed by atoms with Crippen LogP contribution in [-0.2, 0) is 4.74 Å². The average Bonchev–Trinajstić information content (AvgIpc) is 2.47. The van der Waals surface area contributed by atoms with Crippen LogP contribution >= 0.6 is 11.6 Å². The first-order valence-corrected chi connectivity index (χ1v) is 8.31.